The Morgan fingerprint density at radius 2 is 1.81 bits per heavy atom. The average Bonchev–Trinajstić information content (AvgIpc) is 3.29. The minimum absolute atomic E-state index is 0.234. The molecule has 0 fully saturated rings. The van der Waals surface area contributed by atoms with E-state index in [1.165, 1.54) is 0 Å². The molecule has 4 aromatic rings. The van der Waals surface area contributed by atoms with E-state index in [1.54, 1.807) is 12.1 Å². The fraction of sp³-hybridized carbons (Fsp3) is 0.192. The van der Waals surface area contributed by atoms with Crippen molar-refractivity contribution in [3.63, 3.8) is 0 Å². The molecular formula is C26H25N3O3. The summed E-state index contributed by atoms with van der Waals surface area (Å²) in [6, 6.07) is 24.5. The molecule has 0 aliphatic carbocycles. The predicted molar refractivity (Wildman–Crippen MR) is 124 cm³/mol. The van der Waals surface area contributed by atoms with Crippen LogP contribution in [0.15, 0.2) is 83.4 Å². The number of unbranched alkanes of at least 4 members (excludes halogenated alkanes) is 1. The van der Waals surface area contributed by atoms with Crippen molar-refractivity contribution in [3.05, 3.63) is 95.8 Å². The molecule has 0 unspecified atom stereocenters. The number of hydrogen-bond donors (Lipinski definition) is 1. The van der Waals surface area contributed by atoms with Crippen LogP contribution in [0.5, 0.6) is 5.75 Å². The third kappa shape index (κ3) is 5.40. The zero-order valence-electron chi connectivity index (χ0n) is 18.0. The van der Waals surface area contributed by atoms with Crippen LogP contribution in [-0.2, 0) is 6.42 Å². The van der Waals surface area contributed by atoms with Crippen molar-refractivity contribution in [2.24, 2.45) is 0 Å². The van der Waals surface area contributed by atoms with Gasteiger partial charge in [-0.25, -0.2) is 0 Å². The summed E-state index contributed by atoms with van der Waals surface area (Å²) < 4.78 is 11.2. The lowest BCUT2D eigenvalue weighted by Crippen LogP contribution is -2.13. The lowest BCUT2D eigenvalue weighted by molar-refractivity contribution is 0.102. The van der Waals surface area contributed by atoms with Crippen LogP contribution in [0.1, 0.15) is 41.5 Å². The molecule has 0 aliphatic rings. The Morgan fingerprint density at radius 3 is 2.66 bits per heavy atom. The van der Waals surface area contributed by atoms with Gasteiger partial charge in [-0.05, 0) is 42.3 Å². The van der Waals surface area contributed by atoms with Gasteiger partial charge in [0.2, 0.25) is 0 Å². The number of anilines is 1. The standard InChI is InChI=1S/C26H25N3O3/c1-2-3-16-31-21-13-9-12-20(18-21)25(30)27-23-15-8-7-14-22(23)26-28-24(29-32-26)17-19-10-5-4-6-11-19/h4-15,18H,2-3,16-17H2,1H3,(H,27,30). The number of nitrogens with one attached hydrogen (secondary N) is 1. The fourth-order valence-electron chi connectivity index (χ4n) is 3.25. The molecule has 1 N–H and O–H groups in total. The van der Waals surface area contributed by atoms with Crippen molar-refractivity contribution in [2.75, 3.05) is 11.9 Å². The van der Waals surface area contributed by atoms with Gasteiger partial charge in [-0.1, -0.05) is 67.0 Å². The van der Waals surface area contributed by atoms with Crippen LogP contribution in [0, 0.1) is 0 Å². The van der Waals surface area contributed by atoms with Gasteiger partial charge < -0.3 is 14.6 Å². The lowest BCUT2D eigenvalue weighted by atomic mass is 10.1. The van der Waals surface area contributed by atoms with Crippen LogP contribution in [0.25, 0.3) is 11.5 Å². The van der Waals surface area contributed by atoms with E-state index in [0.29, 0.717) is 47.3 Å². The molecule has 32 heavy (non-hydrogen) atoms. The second-order valence-corrected chi connectivity index (χ2v) is 7.41. The summed E-state index contributed by atoms with van der Waals surface area (Å²) in [4.78, 5) is 17.4. The van der Waals surface area contributed by atoms with Gasteiger partial charge in [0.15, 0.2) is 5.82 Å². The molecule has 0 saturated heterocycles. The molecule has 0 spiro atoms. The number of amides is 1. The highest BCUT2D eigenvalue weighted by Gasteiger charge is 2.16. The molecule has 1 amide bonds. The normalized spacial score (nSPS) is 10.7. The van der Waals surface area contributed by atoms with E-state index in [1.807, 2.05) is 66.7 Å². The van der Waals surface area contributed by atoms with Gasteiger partial charge in [-0.15, -0.1) is 0 Å². The highest BCUT2D eigenvalue weighted by Crippen LogP contribution is 2.27. The molecule has 3 aromatic carbocycles. The number of para-hydroxylation sites is 1. The van der Waals surface area contributed by atoms with Gasteiger partial charge in [0, 0.05) is 12.0 Å². The first-order valence-corrected chi connectivity index (χ1v) is 10.7. The molecule has 6 nitrogen and oxygen atoms in total. The molecule has 0 saturated carbocycles. The van der Waals surface area contributed by atoms with Crippen molar-refractivity contribution in [1.82, 2.24) is 10.1 Å². The number of nitrogens with zero attached hydrogens (tertiary/aromatic N) is 2. The largest absolute Gasteiger partial charge is 0.494 e. The fourth-order valence-corrected chi connectivity index (χ4v) is 3.25. The highest BCUT2D eigenvalue weighted by atomic mass is 16.5. The van der Waals surface area contributed by atoms with Crippen LogP contribution in [-0.4, -0.2) is 22.7 Å². The summed E-state index contributed by atoms with van der Waals surface area (Å²) >= 11 is 0. The maximum absolute atomic E-state index is 12.9. The second kappa shape index (κ2) is 10.4. The Kier molecular flexibility index (Phi) is 6.92. The van der Waals surface area contributed by atoms with Gasteiger partial charge in [0.25, 0.3) is 11.8 Å². The van der Waals surface area contributed by atoms with Gasteiger partial charge in [-0.3, -0.25) is 4.79 Å². The number of carbonyl (C=O) groups is 1. The average molecular weight is 428 g/mol. The predicted octanol–water partition coefficient (Wildman–Crippen LogP) is 5.76. The van der Waals surface area contributed by atoms with Gasteiger partial charge >= 0.3 is 0 Å². The van der Waals surface area contributed by atoms with E-state index >= 15 is 0 Å². The smallest absolute Gasteiger partial charge is 0.260 e. The molecular weight excluding hydrogens is 402 g/mol. The Morgan fingerprint density at radius 1 is 1.00 bits per heavy atom. The molecule has 4 rings (SSSR count). The lowest BCUT2D eigenvalue weighted by Gasteiger charge is -2.10. The van der Waals surface area contributed by atoms with Crippen molar-refractivity contribution >= 4 is 11.6 Å². The minimum atomic E-state index is -0.234. The maximum atomic E-state index is 12.9. The second-order valence-electron chi connectivity index (χ2n) is 7.41. The SMILES string of the molecule is CCCCOc1cccc(C(=O)Nc2ccccc2-c2nc(Cc3ccccc3)no2)c1. The number of ether oxygens (including phenoxy) is 1. The van der Waals surface area contributed by atoms with Crippen molar-refractivity contribution in [3.8, 4) is 17.2 Å². The molecule has 1 heterocycles. The molecule has 0 radical (unpaired) electrons. The van der Waals surface area contributed by atoms with E-state index < -0.39 is 0 Å². The van der Waals surface area contributed by atoms with E-state index in [9.17, 15) is 4.79 Å². The monoisotopic (exact) mass is 427 g/mol. The Bertz CT molecular complexity index is 1170. The van der Waals surface area contributed by atoms with E-state index in [-0.39, 0.29) is 5.91 Å². The van der Waals surface area contributed by atoms with Crippen LogP contribution < -0.4 is 10.1 Å². The van der Waals surface area contributed by atoms with Crippen LogP contribution >= 0.6 is 0 Å². The van der Waals surface area contributed by atoms with Gasteiger partial charge in [0.1, 0.15) is 5.75 Å². The van der Waals surface area contributed by atoms with E-state index in [4.69, 9.17) is 9.26 Å². The van der Waals surface area contributed by atoms with E-state index in [0.717, 1.165) is 18.4 Å². The first-order valence-electron chi connectivity index (χ1n) is 10.7. The molecule has 0 atom stereocenters. The summed E-state index contributed by atoms with van der Waals surface area (Å²) in [5, 5.41) is 7.05. The van der Waals surface area contributed by atoms with Gasteiger partial charge in [-0.2, -0.15) is 4.98 Å². The Hall–Kier alpha value is -3.93. The summed E-state index contributed by atoms with van der Waals surface area (Å²) in [6.07, 6.45) is 2.60. The third-order valence-corrected chi connectivity index (χ3v) is 4.94. The number of hydrogen-bond acceptors (Lipinski definition) is 5. The summed E-state index contributed by atoms with van der Waals surface area (Å²) in [5.41, 5.74) is 2.89. The molecule has 6 heteroatoms. The van der Waals surface area contributed by atoms with Crippen LogP contribution in [0.4, 0.5) is 5.69 Å². The number of benzene rings is 3. The molecule has 162 valence electrons. The van der Waals surface area contributed by atoms with Crippen LogP contribution in [0.2, 0.25) is 0 Å². The third-order valence-electron chi connectivity index (χ3n) is 4.94. The first kappa shape index (κ1) is 21.3. The molecule has 0 bridgehead atoms. The first-order chi connectivity index (χ1) is 15.7. The van der Waals surface area contributed by atoms with Crippen LogP contribution in [0.3, 0.4) is 0 Å². The van der Waals surface area contributed by atoms with Crippen molar-refractivity contribution in [1.29, 1.82) is 0 Å². The van der Waals surface area contributed by atoms with Gasteiger partial charge in [0.05, 0.1) is 17.9 Å². The molecule has 0 aliphatic heterocycles. The zero-order valence-corrected chi connectivity index (χ0v) is 18.0. The summed E-state index contributed by atoms with van der Waals surface area (Å²) in [6.45, 7) is 2.74. The summed E-state index contributed by atoms with van der Waals surface area (Å²) in [5.74, 6) is 1.40. The van der Waals surface area contributed by atoms with Crippen molar-refractivity contribution in [2.45, 2.75) is 26.2 Å². The minimum Gasteiger partial charge on any atom is -0.494 e. The van der Waals surface area contributed by atoms with Crippen molar-refractivity contribution < 1.29 is 14.1 Å². The Labute approximate surface area is 187 Å². The number of carbonyl (C=O) groups excluding carboxylic acids is 1. The summed E-state index contributed by atoms with van der Waals surface area (Å²) in [7, 11) is 0. The number of rotatable bonds is 9. The molecule has 1 aromatic heterocycles. The zero-order chi connectivity index (χ0) is 22.2. The quantitative estimate of drug-likeness (QED) is 0.344. The topological polar surface area (TPSA) is 77.2 Å². The highest BCUT2D eigenvalue weighted by molar-refractivity contribution is 6.06. The maximum Gasteiger partial charge on any atom is 0.260 e. The van der Waals surface area contributed by atoms with E-state index in [2.05, 4.69) is 22.4 Å². The number of aromatic nitrogens is 2. The Balaban J connectivity index is 1.49.